The van der Waals surface area contributed by atoms with Crippen LogP contribution in [-0.4, -0.2) is 32.8 Å². The van der Waals surface area contributed by atoms with Gasteiger partial charge >= 0.3 is 0 Å². The van der Waals surface area contributed by atoms with E-state index in [1.807, 2.05) is 24.3 Å². The quantitative estimate of drug-likeness (QED) is 0.844. The molecule has 1 fully saturated rings. The highest BCUT2D eigenvalue weighted by molar-refractivity contribution is 5.98. The van der Waals surface area contributed by atoms with Gasteiger partial charge in [-0.15, -0.1) is 0 Å². The third-order valence-corrected chi connectivity index (χ3v) is 4.35. The van der Waals surface area contributed by atoms with Gasteiger partial charge in [0.1, 0.15) is 25.0 Å². The Bertz CT molecular complexity index is 665. The van der Waals surface area contributed by atoms with Crippen LogP contribution in [0.2, 0.25) is 0 Å². The van der Waals surface area contributed by atoms with E-state index in [0.717, 1.165) is 32.1 Å². The molecule has 1 heterocycles. The molecule has 0 unspecified atom stereocenters. The lowest BCUT2D eigenvalue weighted by Gasteiger charge is -2.31. The van der Waals surface area contributed by atoms with E-state index in [2.05, 4.69) is 15.4 Å². The summed E-state index contributed by atoms with van der Waals surface area (Å²) in [5, 5.41) is 6.94. The molecule has 7 heteroatoms. The van der Waals surface area contributed by atoms with Crippen molar-refractivity contribution in [2.45, 2.75) is 44.2 Å². The predicted molar refractivity (Wildman–Crippen MR) is 90.6 cm³/mol. The number of carbonyl (C=O) groups excluding carboxylic acids is 1. The summed E-state index contributed by atoms with van der Waals surface area (Å²) in [5.74, 6) is 0.588. The smallest absolute Gasteiger partial charge is 0.244 e. The number of nitrogens with one attached hydrogen (secondary N) is 1. The van der Waals surface area contributed by atoms with Crippen molar-refractivity contribution in [2.24, 2.45) is 5.73 Å². The molecule has 1 amide bonds. The first-order valence-corrected chi connectivity index (χ1v) is 8.31. The van der Waals surface area contributed by atoms with Gasteiger partial charge in [0.05, 0.1) is 12.1 Å². The summed E-state index contributed by atoms with van der Waals surface area (Å²) < 4.78 is 7.40. The average Bonchev–Trinajstić information content (AvgIpc) is 3.09. The molecule has 128 valence electrons. The van der Waals surface area contributed by atoms with E-state index in [0.29, 0.717) is 24.6 Å². The molecule has 1 aliphatic rings. The summed E-state index contributed by atoms with van der Waals surface area (Å²) in [5.41, 5.74) is 6.22. The van der Waals surface area contributed by atoms with E-state index in [1.54, 1.807) is 11.0 Å². The van der Waals surface area contributed by atoms with Gasteiger partial charge in [0.15, 0.2) is 0 Å². The minimum absolute atomic E-state index is 0.109. The minimum Gasteiger partial charge on any atom is -0.492 e. The molecule has 7 nitrogen and oxygen atoms in total. The topological polar surface area (TPSA) is 95.1 Å². The molecule has 0 spiro atoms. The maximum Gasteiger partial charge on any atom is 0.244 e. The van der Waals surface area contributed by atoms with Crippen LogP contribution >= 0.6 is 0 Å². The second-order valence-electron chi connectivity index (χ2n) is 6.21. The van der Waals surface area contributed by atoms with Crippen LogP contribution in [0.25, 0.3) is 0 Å². The van der Waals surface area contributed by atoms with E-state index in [1.165, 1.54) is 6.33 Å². The molecule has 1 aromatic heterocycles. The van der Waals surface area contributed by atoms with Crippen molar-refractivity contribution < 1.29 is 9.53 Å². The number of aromatic nitrogens is 3. The van der Waals surface area contributed by atoms with Crippen molar-refractivity contribution in [1.82, 2.24) is 14.8 Å². The van der Waals surface area contributed by atoms with Crippen LogP contribution in [0.1, 0.15) is 32.1 Å². The zero-order chi connectivity index (χ0) is 16.8. The predicted octanol–water partition coefficient (Wildman–Crippen LogP) is 1.96. The highest BCUT2D eigenvalue weighted by atomic mass is 16.5. The molecule has 3 N–H and O–H groups in total. The first-order chi connectivity index (χ1) is 11.7. The second-order valence-corrected chi connectivity index (χ2v) is 6.21. The highest BCUT2D eigenvalue weighted by Gasteiger charge is 2.35. The van der Waals surface area contributed by atoms with Gasteiger partial charge in [-0.3, -0.25) is 4.79 Å². The Hall–Kier alpha value is -2.41. The summed E-state index contributed by atoms with van der Waals surface area (Å²) in [6.45, 7) is 1.09. The fraction of sp³-hybridized carbons (Fsp3) is 0.471. The number of anilines is 1. The maximum absolute atomic E-state index is 12.5. The summed E-state index contributed by atoms with van der Waals surface area (Å²) >= 11 is 0. The summed E-state index contributed by atoms with van der Waals surface area (Å²) in [7, 11) is 0. The monoisotopic (exact) mass is 329 g/mol. The fourth-order valence-corrected chi connectivity index (χ4v) is 2.93. The van der Waals surface area contributed by atoms with Crippen molar-refractivity contribution in [3.8, 4) is 5.75 Å². The van der Waals surface area contributed by atoms with Crippen LogP contribution in [0.5, 0.6) is 5.75 Å². The first kappa shape index (κ1) is 16.4. The summed E-state index contributed by atoms with van der Waals surface area (Å²) in [4.78, 5) is 16.4. The van der Waals surface area contributed by atoms with Gasteiger partial charge in [0.2, 0.25) is 5.91 Å². The number of rotatable bonds is 6. The van der Waals surface area contributed by atoms with Crippen LogP contribution in [0.15, 0.2) is 36.9 Å². The van der Waals surface area contributed by atoms with Crippen LogP contribution in [0.3, 0.4) is 0 Å². The van der Waals surface area contributed by atoms with Gasteiger partial charge in [-0.2, -0.15) is 5.10 Å². The Kier molecular flexibility index (Phi) is 5.10. The van der Waals surface area contributed by atoms with Crippen LogP contribution < -0.4 is 15.8 Å². The van der Waals surface area contributed by atoms with Crippen molar-refractivity contribution in [2.75, 3.05) is 11.9 Å². The molecular formula is C17H23N5O2. The molecule has 3 rings (SSSR count). The number of hydrogen-bond acceptors (Lipinski definition) is 5. The van der Waals surface area contributed by atoms with Gasteiger partial charge in [-0.1, -0.05) is 25.3 Å². The maximum atomic E-state index is 12.5. The van der Waals surface area contributed by atoms with Gasteiger partial charge in [-0.25, -0.2) is 9.67 Å². The van der Waals surface area contributed by atoms with Crippen LogP contribution in [0.4, 0.5) is 5.69 Å². The molecule has 0 aliphatic heterocycles. The Balaban J connectivity index is 1.55. The zero-order valence-corrected chi connectivity index (χ0v) is 13.6. The van der Waals surface area contributed by atoms with Crippen molar-refractivity contribution in [3.63, 3.8) is 0 Å². The number of nitrogens with zero attached hydrogens (tertiary/aromatic N) is 3. The number of benzene rings is 1. The number of hydrogen-bond donors (Lipinski definition) is 2. The van der Waals surface area contributed by atoms with Crippen LogP contribution in [0, 0.1) is 0 Å². The van der Waals surface area contributed by atoms with Gasteiger partial charge in [0.25, 0.3) is 0 Å². The highest BCUT2D eigenvalue weighted by Crippen LogP contribution is 2.27. The average molecular weight is 329 g/mol. The summed E-state index contributed by atoms with van der Waals surface area (Å²) in [6, 6.07) is 7.36. The van der Waals surface area contributed by atoms with Gasteiger partial charge in [-0.05, 0) is 25.0 Å². The Morgan fingerprint density at radius 1 is 1.33 bits per heavy atom. The molecule has 1 saturated carbocycles. The number of ether oxygens (including phenoxy) is 1. The largest absolute Gasteiger partial charge is 0.492 e. The third-order valence-electron chi connectivity index (χ3n) is 4.35. The lowest BCUT2D eigenvalue weighted by molar-refractivity contribution is -0.122. The molecule has 24 heavy (non-hydrogen) atoms. The molecule has 1 aliphatic carbocycles. The van der Waals surface area contributed by atoms with Gasteiger partial charge < -0.3 is 15.8 Å². The fourth-order valence-electron chi connectivity index (χ4n) is 2.93. The van der Waals surface area contributed by atoms with Crippen molar-refractivity contribution in [3.05, 3.63) is 36.9 Å². The Labute approximate surface area is 141 Å². The Morgan fingerprint density at radius 2 is 2.17 bits per heavy atom. The first-order valence-electron chi connectivity index (χ1n) is 8.31. The van der Waals surface area contributed by atoms with E-state index < -0.39 is 5.54 Å². The number of amides is 1. The van der Waals surface area contributed by atoms with Gasteiger partial charge in [0, 0.05) is 11.8 Å². The minimum atomic E-state index is -0.748. The van der Waals surface area contributed by atoms with Crippen molar-refractivity contribution in [1.29, 1.82) is 0 Å². The Morgan fingerprint density at radius 3 is 2.92 bits per heavy atom. The SMILES string of the molecule is NC1(C(=O)Nc2cccc(OCCn3cncn3)c2)CCCCC1. The standard InChI is InChI=1S/C17H23N5O2/c18-17(7-2-1-3-8-17)16(23)21-14-5-4-6-15(11-14)24-10-9-22-13-19-12-20-22/h4-6,11-13H,1-3,7-10,18H2,(H,21,23). The third kappa shape index (κ3) is 4.11. The zero-order valence-electron chi connectivity index (χ0n) is 13.6. The van der Waals surface area contributed by atoms with Crippen LogP contribution in [-0.2, 0) is 11.3 Å². The number of carbonyl (C=O) groups is 1. The summed E-state index contributed by atoms with van der Waals surface area (Å²) in [6.07, 6.45) is 7.79. The molecule has 1 aromatic carbocycles. The lowest BCUT2D eigenvalue weighted by atomic mass is 9.82. The molecule has 2 aromatic rings. The van der Waals surface area contributed by atoms with E-state index >= 15 is 0 Å². The molecule has 0 bridgehead atoms. The van der Waals surface area contributed by atoms with E-state index in [4.69, 9.17) is 10.5 Å². The molecular weight excluding hydrogens is 306 g/mol. The molecule has 0 saturated heterocycles. The van der Waals surface area contributed by atoms with E-state index in [-0.39, 0.29) is 5.91 Å². The number of nitrogens with two attached hydrogens (primary N) is 1. The van der Waals surface area contributed by atoms with E-state index in [9.17, 15) is 4.79 Å². The van der Waals surface area contributed by atoms with Crippen molar-refractivity contribution >= 4 is 11.6 Å². The molecule has 0 radical (unpaired) electrons. The lowest BCUT2D eigenvalue weighted by Crippen LogP contribution is -2.52. The second kappa shape index (κ2) is 7.44. The molecule has 0 atom stereocenters. The normalized spacial score (nSPS) is 16.5.